The van der Waals surface area contributed by atoms with Gasteiger partial charge in [-0.3, -0.25) is 14.9 Å². The van der Waals surface area contributed by atoms with Crippen molar-refractivity contribution >= 4 is 34.5 Å². The Morgan fingerprint density at radius 2 is 1.68 bits per heavy atom. The molecule has 0 saturated heterocycles. The first-order chi connectivity index (χ1) is 13.5. The first-order valence-corrected chi connectivity index (χ1v) is 8.72. The molecule has 2 N–H and O–H groups in total. The second-order valence-corrected chi connectivity index (χ2v) is 6.07. The van der Waals surface area contributed by atoms with Gasteiger partial charge in [0.1, 0.15) is 6.33 Å². The van der Waals surface area contributed by atoms with Crippen molar-refractivity contribution in [3.63, 3.8) is 0 Å². The van der Waals surface area contributed by atoms with Crippen LogP contribution in [0.15, 0.2) is 54.9 Å². The fourth-order valence-corrected chi connectivity index (χ4v) is 2.74. The number of carbonyl (C=O) groups is 1. The smallest absolute Gasteiger partial charge is 0.334 e. The Labute approximate surface area is 161 Å². The van der Waals surface area contributed by atoms with Gasteiger partial charge in [-0.15, -0.1) is 0 Å². The predicted molar refractivity (Wildman–Crippen MR) is 108 cm³/mol. The van der Waals surface area contributed by atoms with E-state index >= 15 is 0 Å². The lowest BCUT2D eigenvalue weighted by molar-refractivity contribution is -0.383. The van der Waals surface area contributed by atoms with Gasteiger partial charge in [0.15, 0.2) is 5.78 Å². The maximum atomic E-state index is 11.7. The Bertz CT molecular complexity index is 1020. The summed E-state index contributed by atoms with van der Waals surface area (Å²) in [5, 5.41) is 17.7. The van der Waals surface area contributed by atoms with Crippen molar-refractivity contribution in [3.05, 3.63) is 76.1 Å². The van der Waals surface area contributed by atoms with E-state index in [-0.39, 0.29) is 23.1 Å². The van der Waals surface area contributed by atoms with Crippen molar-refractivity contribution in [1.29, 1.82) is 0 Å². The second-order valence-electron chi connectivity index (χ2n) is 6.07. The zero-order chi connectivity index (χ0) is 20.1. The summed E-state index contributed by atoms with van der Waals surface area (Å²) in [4.78, 5) is 30.7. The Hall–Kier alpha value is -3.81. The van der Waals surface area contributed by atoms with Crippen molar-refractivity contribution in [1.82, 2.24) is 9.97 Å². The molecule has 0 radical (unpaired) electrons. The van der Waals surface area contributed by atoms with Crippen molar-refractivity contribution < 1.29 is 9.72 Å². The Balaban J connectivity index is 1.95. The number of rotatable bonds is 7. The lowest BCUT2D eigenvalue weighted by Crippen LogP contribution is -2.06. The van der Waals surface area contributed by atoms with E-state index in [4.69, 9.17) is 0 Å². The van der Waals surface area contributed by atoms with Crippen molar-refractivity contribution in [2.45, 2.75) is 20.3 Å². The summed E-state index contributed by atoms with van der Waals surface area (Å²) in [7, 11) is 0. The van der Waals surface area contributed by atoms with Crippen LogP contribution in [0.1, 0.15) is 29.8 Å². The summed E-state index contributed by atoms with van der Waals surface area (Å²) in [5.41, 5.74) is 2.64. The third-order valence-corrected chi connectivity index (χ3v) is 4.21. The van der Waals surface area contributed by atoms with E-state index in [1.807, 2.05) is 31.2 Å². The van der Waals surface area contributed by atoms with Crippen LogP contribution in [0.2, 0.25) is 0 Å². The summed E-state index contributed by atoms with van der Waals surface area (Å²) >= 11 is 0. The molecule has 0 saturated carbocycles. The van der Waals surface area contributed by atoms with E-state index in [2.05, 4.69) is 20.6 Å². The number of nitro groups is 1. The number of benzene rings is 2. The van der Waals surface area contributed by atoms with Gasteiger partial charge >= 0.3 is 5.69 Å². The van der Waals surface area contributed by atoms with Gasteiger partial charge in [0, 0.05) is 16.9 Å². The fraction of sp³-hybridized carbons (Fsp3) is 0.150. The Morgan fingerprint density at radius 3 is 2.29 bits per heavy atom. The molecule has 0 fully saturated rings. The van der Waals surface area contributed by atoms with E-state index in [0.29, 0.717) is 11.3 Å². The van der Waals surface area contributed by atoms with Crippen LogP contribution in [-0.4, -0.2) is 20.7 Å². The number of anilines is 4. The molecule has 0 amide bonds. The fourth-order valence-electron chi connectivity index (χ4n) is 2.74. The molecule has 2 aromatic carbocycles. The van der Waals surface area contributed by atoms with Crippen LogP contribution in [0.3, 0.4) is 0 Å². The molecule has 0 spiro atoms. The molecule has 0 unspecified atom stereocenters. The van der Waals surface area contributed by atoms with Gasteiger partial charge in [0.05, 0.1) is 4.92 Å². The van der Waals surface area contributed by atoms with Crippen LogP contribution in [0.5, 0.6) is 0 Å². The third-order valence-electron chi connectivity index (χ3n) is 4.21. The number of nitrogens with zero attached hydrogens (tertiary/aromatic N) is 3. The molecule has 0 bridgehead atoms. The molecule has 0 aliphatic rings. The van der Waals surface area contributed by atoms with Gasteiger partial charge in [-0.1, -0.05) is 25.1 Å². The average molecular weight is 377 g/mol. The van der Waals surface area contributed by atoms with Crippen LogP contribution >= 0.6 is 0 Å². The van der Waals surface area contributed by atoms with Crippen LogP contribution < -0.4 is 10.6 Å². The number of ketones is 1. The lowest BCUT2D eigenvalue weighted by atomic mass is 10.1. The first kappa shape index (κ1) is 19.0. The van der Waals surface area contributed by atoms with Crippen LogP contribution in [0.25, 0.3) is 0 Å². The summed E-state index contributed by atoms with van der Waals surface area (Å²) in [5.74, 6) is 0.108. The molecule has 8 heteroatoms. The molecule has 3 rings (SSSR count). The molecule has 8 nitrogen and oxygen atoms in total. The van der Waals surface area contributed by atoms with E-state index in [1.165, 1.54) is 13.3 Å². The minimum atomic E-state index is -0.525. The van der Waals surface area contributed by atoms with Gasteiger partial charge in [-0.25, -0.2) is 9.97 Å². The first-order valence-electron chi connectivity index (χ1n) is 8.72. The predicted octanol–water partition coefficient (Wildman–Crippen LogP) is 4.64. The highest BCUT2D eigenvalue weighted by molar-refractivity contribution is 5.94. The number of aromatic nitrogens is 2. The quantitative estimate of drug-likeness (QED) is 0.351. The number of Topliss-reactive ketones (excluding diaryl/α,β-unsaturated/α-hetero) is 1. The van der Waals surface area contributed by atoms with Crippen LogP contribution in [0, 0.1) is 10.1 Å². The summed E-state index contributed by atoms with van der Waals surface area (Å²) in [6.45, 7) is 3.48. The number of aryl methyl sites for hydroxylation is 1. The SMILES string of the molecule is CCc1ccccc1Nc1ncnc(Nc2ccc(C(C)=O)cc2)c1[N+](=O)[O-]. The van der Waals surface area contributed by atoms with E-state index in [0.717, 1.165) is 17.7 Å². The topological polar surface area (TPSA) is 110 Å². The van der Waals surface area contributed by atoms with E-state index < -0.39 is 4.92 Å². The highest BCUT2D eigenvalue weighted by Gasteiger charge is 2.23. The molecule has 28 heavy (non-hydrogen) atoms. The van der Waals surface area contributed by atoms with Gasteiger partial charge in [-0.2, -0.15) is 0 Å². The van der Waals surface area contributed by atoms with Gasteiger partial charge in [0.25, 0.3) is 0 Å². The number of hydrogen-bond acceptors (Lipinski definition) is 7. The zero-order valence-electron chi connectivity index (χ0n) is 15.5. The van der Waals surface area contributed by atoms with Crippen LogP contribution in [-0.2, 0) is 6.42 Å². The molecule has 1 heterocycles. The number of hydrogen-bond donors (Lipinski definition) is 2. The highest BCUT2D eigenvalue weighted by atomic mass is 16.6. The summed E-state index contributed by atoms with van der Waals surface area (Å²) in [6, 6.07) is 14.2. The molecule has 0 aliphatic carbocycles. The van der Waals surface area contributed by atoms with Gasteiger partial charge < -0.3 is 10.6 Å². The lowest BCUT2D eigenvalue weighted by Gasteiger charge is -2.12. The number of para-hydroxylation sites is 1. The molecular formula is C20H19N5O3. The average Bonchev–Trinajstić information content (AvgIpc) is 2.68. The summed E-state index contributed by atoms with van der Waals surface area (Å²) in [6.07, 6.45) is 2.03. The zero-order valence-corrected chi connectivity index (χ0v) is 15.5. The maximum Gasteiger partial charge on any atom is 0.353 e. The minimum absolute atomic E-state index is 0.0550. The highest BCUT2D eigenvalue weighted by Crippen LogP contribution is 2.33. The Kier molecular flexibility index (Phi) is 5.59. The van der Waals surface area contributed by atoms with Crippen molar-refractivity contribution in [2.75, 3.05) is 10.6 Å². The van der Waals surface area contributed by atoms with Crippen molar-refractivity contribution in [2.24, 2.45) is 0 Å². The molecule has 0 atom stereocenters. The Morgan fingerprint density at radius 1 is 1.04 bits per heavy atom. The summed E-state index contributed by atoms with van der Waals surface area (Å²) < 4.78 is 0. The number of carbonyl (C=O) groups excluding carboxylic acids is 1. The molecule has 1 aromatic heterocycles. The van der Waals surface area contributed by atoms with Crippen LogP contribution in [0.4, 0.5) is 28.7 Å². The normalized spacial score (nSPS) is 10.4. The largest absolute Gasteiger partial charge is 0.353 e. The second kappa shape index (κ2) is 8.26. The van der Waals surface area contributed by atoms with E-state index in [1.54, 1.807) is 24.3 Å². The van der Waals surface area contributed by atoms with Crippen molar-refractivity contribution in [3.8, 4) is 0 Å². The number of nitrogens with one attached hydrogen (secondary N) is 2. The van der Waals surface area contributed by atoms with E-state index in [9.17, 15) is 14.9 Å². The van der Waals surface area contributed by atoms with Gasteiger partial charge in [0.2, 0.25) is 11.6 Å². The monoisotopic (exact) mass is 377 g/mol. The maximum absolute atomic E-state index is 11.7. The molecular weight excluding hydrogens is 358 g/mol. The standard InChI is InChI=1S/C20H19N5O3/c1-3-14-6-4-5-7-17(14)24-20-18(25(27)28)19(21-12-22-20)23-16-10-8-15(9-11-16)13(2)26/h4-12H,3H2,1-2H3,(H2,21,22,23,24). The van der Waals surface area contributed by atoms with Gasteiger partial charge in [-0.05, 0) is 49.2 Å². The third kappa shape index (κ3) is 4.12. The minimum Gasteiger partial charge on any atom is -0.334 e. The molecule has 3 aromatic rings. The molecule has 0 aliphatic heterocycles. The molecule has 142 valence electrons.